The summed E-state index contributed by atoms with van der Waals surface area (Å²) in [7, 11) is 0.733. The summed E-state index contributed by atoms with van der Waals surface area (Å²) in [5, 5.41) is 0. The predicted molar refractivity (Wildman–Crippen MR) is 73.1 cm³/mol. The van der Waals surface area contributed by atoms with Crippen LogP contribution in [0.2, 0.25) is 0 Å². The Balaban J connectivity index is -0.000000144. The molecule has 0 aliphatic rings. The Kier molecular flexibility index (Phi) is 24.1. The second kappa shape index (κ2) is 17.1. The Morgan fingerprint density at radius 3 is 1.13 bits per heavy atom. The molecule has 0 rings (SSSR count). The Morgan fingerprint density at radius 1 is 0.933 bits per heavy atom. The highest BCUT2D eigenvalue weighted by Crippen LogP contribution is 1.90. The zero-order valence-electron chi connectivity index (χ0n) is 9.52. The van der Waals surface area contributed by atoms with Crippen LogP contribution in [0.4, 0.5) is 0 Å². The predicted octanol–water partition coefficient (Wildman–Crippen LogP) is 2.67. The molecule has 0 aromatic carbocycles. The first-order chi connectivity index (χ1) is 6.83. The van der Waals surface area contributed by atoms with E-state index in [0.717, 1.165) is 0 Å². The molecule has 0 heterocycles. The summed E-state index contributed by atoms with van der Waals surface area (Å²) in [6.45, 7) is 4.40. The number of hydrogen-bond donors (Lipinski definition) is 2. The summed E-state index contributed by atoms with van der Waals surface area (Å²) in [5.41, 5.74) is 0. The van der Waals surface area contributed by atoms with E-state index in [1.165, 1.54) is 38.0 Å². The van der Waals surface area contributed by atoms with Gasteiger partial charge in [0.15, 0.2) is 0 Å². The second-order valence-electron chi connectivity index (χ2n) is 2.73. The van der Waals surface area contributed by atoms with E-state index in [0.29, 0.717) is 0 Å². The van der Waals surface area contributed by atoms with Gasteiger partial charge in [0.25, 0.3) is 0 Å². The van der Waals surface area contributed by atoms with Gasteiger partial charge in [-0.15, -0.1) is 18.5 Å². The third-order valence-corrected chi connectivity index (χ3v) is 1.93. The first-order valence-electron chi connectivity index (χ1n) is 4.93. The van der Waals surface area contributed by atoms with E-state index in [4.69, 9.17) is 17.5 Å². The molecule has 0 aromatic heterocycles. The minimum atomic E-state index is -4.67. The lowest BCUT2D eigenvalue weighted by molar-refractivity contribution is 0.381. The van der Waals surface area contributed by atoms with E-state index >= 15 is 0 Å². The van der Waals surface area contributed by atoms with Gasteiger partial charge in [0.05, 0.1) is 0 Å². The fourth-order valence-electron chi connectivity index (χ4n) is 0.408. The zero-order chi connectivity index (χ0) is 12.7. The van der Waals surface area contributed by atoms with E-state index in [1.54, 1.807) is 0 Å². The average Bonchev–Trinajstić information content (AvgIpc) is 2.05. The lowest BCUT2D eigenvalue weighted by Crippen LogP contribution is -1.89. The van der Waals surface area contributed by atoms with Crippen LogP contribution in [0.1, 0.15) is 39.5 Å². The van der Waals surface area contributed by atoms with Crippen molar-refractivity contribution < 1.29 is 17.5 Å². The average molecular weight is 278 g/mol. The van der Waals surface area contributed by atoms with Gasteiger partial charge in [0.1, 0.15) is 0 Å². The van der Waals surface area contributed by atoms with Crippen LogP contribution in [0, 0.1) is 0 Å². The minimum absolute atomic E-state index is 1.26. The van der Waals surface area contributed by atoms with Crippen molar-refractivity contribution in [2.24, 2.45) is 0 Å². The Bertz CT molecular complexity index is 165. The molecule has 15 heavy (non-hydrogen) atoms. The maximum absolute atomic E-state index is 8.74. The van der Waals surface area contributed by atoms with Gasteiger partial charge in [-0.25, -0.2) is 0 Å². The molecule has 7 heteroatoms. The van der Waals surface area contributed by atoms with E-state index in [2.05, 4.69) is 32.3 Å². The number of unbranched alkanes of at least 4 members (excludes halogenated alkanes) is 2. The molecule has 0 aliphatic heterocycles. The van der Waals surface area contributed by atoms with Crippen molar-refractivity contribution in [1.29, 1.82) is 0 Å². The maximum Gasteiger partial charge on any atom is 0.394 e. The molecule has 0 aromatic rings. The molecule has 0 fully saturated rings. The molecule has 2 unspecified atom stereocenters. The van der Waals surface area contributed by atoms with Gasteiger partial charge in [-0.05, 0) is 12.3 Å². The van der Waals surface area contributed by atoms with Gasteiger partial charge >= 0.3 is 10.4 Å². The smallest absolute Gasteiger partial charge is 0.264 e. The highest BCUT2D eigenvalue weighted by molar-refractivity contribution is 7.79. The summed E-state index contributed by atoms with van der Waals surface area (Å²) < 4.78 is 31.6. The van der Waals surface area contributed by atoms with Crippen molar-refractivity contribution >= 4 is 28.9 Å². The third kappa shape index (κ3) is 107. The maximum atomic E-state index is 8.74. The van der Waals surface area contributed by atoms with Gasteiger partial charge in [0.2, 0.25) is 0 Å². The van der Waals surface area contributed by atoms with Crippen molar-refractivity contribution in [2.45, 2.75) is 39.5 Å². The molecular weight excluding hydrogens is 254 g/mol. The summed E-state index contributed by atoms with van der Waals surface area (Å²) in [5.74, 6) is 0. The molecule has 4 nitrogen and oxygen atoms in total. The number of rotatable bonds is 4. The van der Waals surface area contributed by atoms with Crippen LogP contribution in [0.3, 0.4) is 0 Å². The third-order valence-electron chi connectivity index (χ3n) is 1.12. The van der Waals surface area contributed by atoms with Crippen LogP contribution in [0.5, 0.6) is 0 Å². The van der Waals surface area contributed by atoms with E-state index in [9.17, 15) is 0 Å². The molecule has 0 amide bonds. The molecule has 0 aliphatic carbocycles. The molecule has 0 saturated heterocycles. The lowest BCUT2D eigenvalue weighted by atomic mass is 10.4. The summed E-state index contributed by atoms with van der Waals surface area (Å²) in [4.78, 5) is 0. The van der Waals surface area contributed by atoms with Gasteiger partial charge in [-0.1, -0.05) is 39.5 Å². The van der Waals surface area contributed by atoms with Crippen LogP contribution in [0.25, 0.3) is 0 Å². The second-order valence-corrected chi connectivity index (χ2v) is 4.78. The molecule has 2 atom stereocenters. The standard InChI is InChI=1S/2C4H11P.H2O4S/c2*1-2-3-4-5;1-5(2,3)4/h2*2-5H2,1H3;(H2,1,2,3,4). The van der Waals surface area contributed by atoms with Crippen molar-refractivity contribution in [2.75, 3.05) is 12.3 Å². The van der Waals surface area contributed by atoms with Crippen LogP contribution in [0.15, 0.2) is 0 Å². The van der Waals surface area contributed by atoms with Gasteiger partial charge in [0, 0.05) is 0 Å². The first kappa shape index (κ1) is 21.1. The van der Waals surface area contributed by atoms with E-state index < -0.39 is 10.4 Å². The van der Waals surface area contributed by atoms with E-state index in [1.807, 2.05) is 0 Å². The van der Waals surface area contributed by atoms with Gasteiger partial charge in [-0.3, -0.25) is 9.11 Å². The van der Waals surface area contributed by atoms with Gasteiger partial charge < -0.3 is 0 Å². The van der Waals surface area contributed by atoms with Crippen molar-refractivity contribution in [3.05, 3.63) is 0 Å². The zero-order valence-corrected chi connectivity index (χ0v) is 12.6. The number of hydrogen-bond acceptors (Lipinski definition) is 2. The topological polar surface area (TPSA) is 74.6 Å². The molecule has 0 radical (unpaired) electrons. The SMILES string of the molecule is CCCCP.CCCCP.O=S(=O)(O)O. The minimum Gasteiger partial charge on any atom is -0.264 e. The van der Waals surface area contributed by atoms with Crippen molar-refractivity contribution in [1.82, 2.24) is 0 Å². The van der Waals surface area contributed by atoms with Crippen LogP contribution in [-0.2, 0) is 10.4 Å². The fraction of sp³-hybridized carbons (Fsp3) is 1.00. The Labute approximate surface area is 98.6 Å². The summed E-state index contributed by atoms with van der Waals surface area (Å²) in [6, 6.07) is 0. The molecule has 0 bridgehead atoms. The largest absolute Gasteiger partial charge is 0.394 e. The van der Waals surface area contributed by atoms with Crippen molar-refractivity contribution in [3.8, 4) is 0 Å². The quantitative estimate of drug-likeness (QED) is 0.612. The summed E-state index contributed by atoms with van der Waals surface area (Å²) in [6.07, 6.45) is 7.87. The fourth-order valence-corrected chi connectivity index (χ4v) is 1.22. The first-order valence-corrected chi connectivity index (χ1v) is 7.96. The van der Waals surface area contributed by atoms with Crippen LogP contribution >= 0.6 is 18.5 Å². The van der Waals surface area contributed by atoms with Gasteiger partial charge in [-0.2, -0.15) is 8.42 Å². The molecule has 96 valence electrons. The highest BCUT2D eigenvalue weighted by atomic mass is 32.3. The summed E-state index contributed by atoms with van der Waals surface area (Å²) >= 11 is 0. The van der Waals surface area contributed by atoms with E-state index in [-0.39, 0.29) is 0 Å². The van der Waals surface area contributed by atoms with Crippen LogP contribution < -0.4 is 0 Å². The molecule has 0 spiro atoms. The monoisotopic (exact) mass is 278 g/mol. The molecule has 2 N–H and O–H groups in total. The van der Waals surface area contributed by atoms with Crippen molar-refractivity contribution in [3.63, 3.8) is 0 Å². The highest BCUT2D eigenvalue weighted by Gasteiger charge is 1.84. The Morgan fingerprint density at radius 2 is 1.13 bits per heavy atom. The normalized spacial score (nSPS) is 9.47. The van der Waals surface area contributed by atoms with Crippen LogP contribution in [-0.4, -0.2) is 29.8 Å². The Hall–Kier alpha value is 0.730. The molecule has 0 saturated carbocycles. The molecular formula is C8H24O4P2S. The lowest BCUT2D eigenvalue weighted by Gasteiger charge is -1.79.